The molecule has 0 aromatic carbocycles. The standard InChI is InChI=1S/C14H28N2O/c1-3-4-9-16(2)11-14-8-7-13(17-14)10-15-12-5-6-12/h12-15H,3-11H2,1-2H3. The molecule has 1 saturated carbocycles. The number of nitrogens with one attached hydrogen (secondary N) is 1. The second-order valence-electron chi connectivity index (χ2n) is 5.76. The molecule has 100 valence electrons. The summed E-state index contributed by atoms with van der Waals surface area (Å²) >= 11 is 0. The van der Waals surface area contributed by atoms with Crippen molar-refractivity contribution >= 4 is 0 Å². The molecule has 3 nitrogen and oxygen atoms in total. The van der Waals surface area contributed by atoms with Gasteiger partial charge in [0.05, 0.1) is 12.2 Å². The summed E-state index contributed by atoms with van der Waals surface area (Å²) in [4.78, 5) is 2.42. The van der Waals surface area contributed by atoms with Gasteiger partial charge in [0, 0.05) is 19.1 Å². The first-order valence-electron chi connectivity index (χ1n) is 7.35. The van der Waals surface area contributed by atoms with E-state index >= 15 is 0 Å². The molecule has 1 saturated heterocycles. The Bertz CT molecular complexity index is 218. The normalized spacial score (nSPS) is 29.1. The molecule has 0 amide bonds. The highest BCUT2D eigenvalue weighted by Crippen LogP contribution is 2.22. The smallest absolute Gasteiger partial charge is 0.0707 e. The van der Waals surface area contributed by atoms with Crippen LogP contribution in [0.15, 0.2) is 0 Å². The molecule has 17 heavy (non-hydrogen) atoms. The van der Waals surface area contributed by atoms with Crippen LogP contribution >= 0.6 is 0 Å². The van der Waals surface area contributed by atoms with Crippen LogP contribution in [-0.2, 0) is 4.74 Å². The first kappa shape index (κ1) is 13.3. The van der Waals surface area contributed by atoms with Crippen molar-refractivity contribution in [2.75, 3.05) is 26.7 Å². The van der Waals surface area contributed by atoms with Gasteiger partial charge in [-0.3, -0.25) is 0 Å². The molecule has 3 heteroatoms. The van der Waals surface area contributed by atoms with Crippen LogP contribution < -0.4 is 5.32 Å². The Morgan fingerprint density at radius 1 is 1.18 bits per heavy atom. The monoisotopic (exact) mass is 240 g/mol. The van der Waals surface area contributed by atoms with E-state index in [1.54, 1.807) is 0 Å². The Kier molecular flexibility index (Phi) is 5.26. The fourth-order valence-corrected chi connectivity index (χ4v) is 2.52. The summed E-state index contributed by atoms with van der Waals surface area (Å²) in [6, 6.07) is 0.810. The molecular weight excluding hydrogens is 212 g/mol. The van der Waals surface area contributed by atoms with Gasteiger partial charge in [0.2, 0.25) is 0 Å². The molecule has 1 heterocycles. The van der Waals surface area contributed by atoms with E-state index in [1.807, 2.05) is 0 Å². The molecule has 2 fully saturated rings. The van der Waals surface area contributed by atoms with Gasteiger partial charge in [0.25, 0.3) is 0 Å². The lowest BCUT2D eigenvalue weighted by Gasteiger charge is -2.21. The van der Waals surface area contributed by atoms with Crippen molar-refractivity contribution in [3.63, 3.8) is 0 Å². The van der Waals surface area contributed by atoms with Gasteiger partial charge >= 0.3 is 0 Å². The van der Waals surface area contributed by atoms with Crippen LogP contribution in [0, 0.1) is 0 Å². The van der Waals surface area contributed by atoms with Gasteiger partial charge < -0.3 is 15.0 Å². The zero-order valence-corrected chi connectivity index (χ0v) is 11.5. The van der Waals surface area contributed by atoms with Crippen molar-refractivity contribution in [2.45, 2.75) is 63.7 Å². The second-order valence-corrected chi connectivity index (χ2v) is 5.76. The molecule has 0 aromatic heterocycles. The van der Waals surface area contributed by atoms with E-state index in [0.717, 1.165) is 19.1 Å². The molecule has 0 spiro atoms. The van der Waals surface area contributed by atoms with Gasteiger partial charge in [-0.1, -0.05) is 13.3 Å². The largest absolute Gasteiger partial charge is 0.372 e. The van der Waals surface area contributed by atoms with Crippen LogP contribution in [0.5, 0.6) is 0 Å². The molecular formula is C14H28N2O. The van der Waals surface area contributed by atoms with E-state index in [2.05, 4.69) is 24.2 Å². The molecule has 1 aliphatic heterocycles. The maximum absolute atomic E-state index is 6.09. The zero-order valence-electron chi connectivity index (χ0n) is 11.5. The molecule has 2 aliphatic rings. The van der Waals surface area contributed by atoms with E-state index in [0.29, 0.717) is 12.2 Å². The minimum atomic E-state index is 0.472. The lowest BCUT2D eigenvalue weighted by molar-refractivity contribution is 0.0276. The van der Waals surface area contributed by atoms with Crippen LogP contribution in [0.25, 0.3) is 0 Å². The summed E-state index contributed by atoms with van der Waals surface area (Å²) in [5, 5.41) is 3.57. The van der Waals surface area contributed by atoms with E-state index < -0.39 is 0 Å². The highest BCUT2D eigenvalue weighted by molar-refractivity contribution is 4.84. The van der Waals surface area contributed by atoms with Crippen molar-refractivity contribution in [1.82, 2.24) is 10.2 Å². The van der Waals surface area contributed by atoms with Gasteiger partial charge in [-0.05, 0) is 45.7 Å². The third-order valence-electron chi connectivity index (χ3n) is 3.82. The third-order valence-corrected chi connectivity index (χ3v) is 3.82. The van der Waals surface area contributed by atoms with E-state index in [-0.39, 0.29) is 0 Å². The summed E-state index contributed by atoms with van der Waals surface area (Å²) in [5.74, 6) is 0. The summed E-state index contributed by atoms with van der Waals surface area (Å²) in [7, 11) is 2.22. The van der Waals surface area contributed by atoms with Gasteiger partial charge in [-0.2, -0.15) is 0 Å². The average molecular weight is 240 g/mol. The maximum atomic E-state index is 6.09. The SMILES string of the molecule is CCCCN(C)CC1CCC(CNC2CC2)O1. The molecule has 2 unspecified atom stereocenters. The second kappa shape index (κ2) is 6.72. The van der Waals surface area contributed by atoms with Gasteiger partial charge in [0.15, 0.2) is 0 Å². The Balaban J connectivity index is 1.56. The molecule has 1 N–H and O–H groups in total. The summed E-state index contributed by atoms with van der Waals surface area (Å²) in [5.41, 5.74) is 0. The minimum Gasteiger partial charge on any atom is -0.372 e. The molecule has 2 rings (SSSR count). The van der Waals surface area contributed by atoms with Crippen LogP contribution in [0.3, 0.4) is 0 Å². The quantitative estimate of drug-likeness (QED) is 0.702. The lowest BCUT2D eigenvalue weighted by Crippen LogP contribution is -2.32. The molecule has 0 aromatic rings. The van der Waals surface area contributed by atoms with Crippen LogP contribution in [0.1, 0.15) is 45.4 Å². The lowest BCUT2D eigenvalue weighted by atomic mass is 10.2. The maximum Gasteiger partial charge on any atom is 0.0707 e. The van der Waals surface area contributed by atoms with Crippen LogP contribution in [-0.4, -0.2) is 49.8 Å². The summed E-state index contributed by atoms with van der Waals surface area (Å²) in [6.07, 6.45) is 8.76. The minimum absolute atomic E-state index is 0.472. The van der Waals surface area contributed by atoms with E-state index in [9.17, 15) is 0 Å². The van der Waals surface area contributed by atoms with Crippen molar-refractivity contribution in [2.24, 2.45) is 0 Å². The van der Waals surface area contributed by atoms with Crippen molar-refractivity contribution in [1.29, 1.82) is 0 Å². The average Bonchev–Trinajstić information content (AvgIpc) is 3.05. The number of ether oxygens (including phenoxy) is 1. The number of rotatable bonds is 8. The van der Waals surface area contributed by atoms with Gasteiger partial charge in [0.1, 0.15) is 0 Å². The molecule has 1 aliphatic carbocycles. The fourth-order valence-electron chi connectivity index (χ4n) is 2.52. The summed E-state index contributed by atoms with van der Waals surface area (Å²) < 4.78 is 6.09. The molecule has 0 radical (unpaired) electrons. The number of unbranched alkanes of at least 4 members (excludes halogenated alkanes) is 1. The van der Waals surface area contributed by atoms with Crippen molar-refractivity contribution in [3.05, 3.63) is 0 Å². The Morgan fingerprint density at radius 2 is 1.94 bits per heavy atom. The highest BCUT2D eigenvalue weighted by atomic mass is 16.5. The van der Waals surface area contributed by atoms with Gasteiger partial charge in [-0.15, -0.1) is 0 Å². The number of hydrogen-bond acceptors (Lipinski definition) is 3. The Morgan fingerprint density at radius 3 is 2.65 bits per heavy atom. The van der Waals surface area contributed by atoms with Crippen molar-refractivity contribution < 1.29 is 4.74 Å². The highest BCUT2D eigenvalue weighted by Gasteiger charge is 2.28. The molecule has 2 atom stereocenters. The van der Waals surface area contributed by atoms with E-state index in [4.69, 9.17) is 4.74 Å². The van der Waals surface area contributed by atoms with Crippen molar-refractivity contribution in [3.8, 4) is 0 Å². The van der Waals surface area contributed by atoms with Crippen LogP contribution in [0.4, 0.5) is 0 Å². The first-order chi connectivity index (χ1) is 8.28. The number of likely N-dealkylation sites (N-methyl/N-ethyl adjacent to an activating group) is 1. The van der Waals surface area contributed by atoms with Crippen LogP contribution in [0.2, 0.25) is 0 Å². The topological polar surface area (TPSA) is 24.5 Å². The predicted molar refractivity (Wildman–Crippen MR) is 71.3 cm³/mol. The predicted octanol–water partition coefficient (Wildman–Crippen LogP) is 2.02. The number of nitrogens with zero attached hydrogens (tertiary/aromatic N) is 1. The first-order valence-corrected chi connectivity index (χ1v) is 7.35. The molecule has 0 bridgehead atoms. The number of hydrogen-bond donors (Lipinski definition) is 1. The third kappa shape index (κ3) is 4.94. The van der Waals surface area contributed by atoms with E-state index in [1.165, 1.54) is 45.1 Å². The Hall–Kier alpha value is -0.120. The Labute approximate surface area is 106 Å². The summed E-state index contributed by atoms with van der Waals surface area (Å²) in [6.45, 7) is 5.64. The fraction of sp³-hybridized carbons (Fsp3) is 1.00. The zero-order chi connectivity index (χ0) is 12.1. The van der Waals surface area contributed by atoms with Gasteiger partial charge in [-0.25, -0.2) is 0 Å².